The molecule has 0 spiro atoms. The van der Waals surface area contributed by atoms with E-state index in [0.717, 1.165) is 0 Å². The molecular formula is C11H18. The molecule has 0 nitrogen and oxygen atoms in total. The fourth-order valence-electron chi connectivity index (χ4n) is 1.70. The van der Waals surface area contributed by atoms with Crippen molar-refractivity contribution < 1.29 is 0 Å². The van der Waals surface area contributed by atoms with Crippen LogP contribution in [0.2, 0.25) is 0 Å². The van der Waals surface area contributed by atoms with E-state index in [0.29, 0.717) is 5.92 Å². The molecule has 1 rings (SSSR count). The summed E-state index contributed by atoms with van der Waals surface area (Å²) in [5.41, 5.74) is 3.16. The zero-order valence-corrected chi connectivity index (χ0v) is 7.85. The highest BCUT2D eigenvalue weighted by Gasteiger charge is 2.09. The molecule has 1 aliphatic carbocycles. The van der Waals surface area contributed by atoms with Gasteiger partial charge >= 0.3 is 0 Å². The second-order valence-electron chi connectivity index (χ2n) is 3.47. The SMILES string of the molecule is CCC1=CCCC=C1C(C)C. The van der Waals surface area contributed by atoms with Crippen molar-refractivity contribution in [2.24, 2.45) is 5.92 Å². The summed E-state index contributed by atoms with van der Waals surface area (Å²) in [4.78, 5) is 0. The Labute approximate surface area is 70.0 Å². The lowest BCUT2D eigenvalue weighted by atomic mass is 9.88. The Bertz CT molecular complexity index is 182. The predicted octanol–water partition coefficient (Wildman–Crippen LogP) is 3.70. The second kappa shape index (κ2) is 3.75. The van der Waals surface area contributed by atoms with Crippen molar-refractivity contribution in [3.8, 4) is 0 Å². The molecule has 0 amide bonds. The third-order valence-corrected chi connectivity index (χ3v) is 2.30. The van der Waals surface area contributed by atoms with Gasteiger partial charge in [0.2, 0.25) is 0 Å². The fraction of sp³-hybridized carbons (Fsp3) is 0.636. The molecule has 0 aromatic carbocycles. The van der Waals surface area contributed by atoms with E-state index in [-0.39, 0.29) is 0 Å². The smallest absolute Gasteiger partial charge is 0.0219 e. The summed E-state index contributed by atoms with van der Waals surface area (Å²) < 4.78 is 0. The predicted molar refractivity (Wildman–Crippen MR) is 50.5 cm³/mol. The van der Waals surface area contributed by atoms with Crippen LogP contribution in [-0.4, -0.2) is 0 Å². The van der Waals surface area contributed by atoms with E-state index >= 15 is 0 Å². The van der Waals surface area contributed by atoms with Crippen LogP contribution in [0.5, 0.6) is 0 Å². The summed E-state index contributed by atoms with van der Waals surface area (Å²) in [6.07, 6.45) is 8.50. The third kappa shape index (κ3) is 1.95. The molecule has 0 heteroatoms. The van der Waals surface area contributed by atoms with Crippen molar-refractivity contribution in [1.29, 1.82) is 0 Å². The molecule has 0 saturated heterocycles. The van der Waals surface area contributed by atoms with Crippen molar-refractivity contribution in [2.45, 2.75) is 40.0 Å². The Hall–Kier alpha value is -0.520. The first-order valence-corrected chi connectivity index (χ1v) is 4.65. The number of rotatable bonds is 2. The lowest BCUT2D eigenvalue weighted by Gasteiger charge is -2.17. The van der Waals surface area contributed by atoms with Gasteiger partial charge in [0.05, 0.1) is 0 Å². The zero-order valence-electron chi connectivity index (χ0n) is 7.85. The molecule has 1 aliphatic rings. The zero-order chi connectivity index (χ0) is 8.27. The van der Waals surface area contributed by atoms with Crippen LogP contribution < -0.4 is 0 Å². The van der Waals surface area contributed by atoms with Crippen LogP contribution in [0.1, 0.15) is 40.0 Å². The molecule has 0 radical (unpaired) electrons. The fourth-order valence-corrected chi connectivity index (χ4v) is 1.70. The van der Waals surface area contributed by atoms with Gasteiger partial charge in [-0.25, -0.2) is 0 Å². The van der Waals surface area contributed by atoms with Crippen LogP contribution in [0.25, 0.3) is 0 Å². The van der Waals surface area contributed by atoms with Gasteiger partial charge in [0, 0.05) is 0 Å². The molecule has 0 unspecified atom stereocenters. The summed E-state index contributed by atoms with van der Waals surface area (Å²) in [7, 11) is 0. The molecule has 62 valence electrons. The summed E-state index contributed by atoms with van der Waals surface area (Å²) in [6.45, 7) is 6.80. The summed E-state index contributed by atoms with van der Waals surface area (Å²) >= 11 is 0. The van der Waals surface area contributed by atoms with E-state index in [1.54, 1.807) is 11.1 Å². The summed E-state index contributed by atoms with van der Waals surface area (Å²) in [5.74, 6) is 0.710. The van der Waals surface area contributed by atoms with E-state index in [2.05, 4.69) is 32.9 Å². The minimum absolute atomic E-state index is 0.710. The topological polar surface area (TPSA) is 0 Å². The second-order valence-corrected chi connectivity index (χ2v) is 3.47. The van der Waals surface area contributed by atoms with Gasteiger partial charge in [-0.05, 0) is 36.3 Å². The number of hydrogen-bond acceptors (Lipinski definition) is 0. The Morgan fingerprint density at radius 1 is 1.27 bits per heavy atom. The molecule has 0 atom stereocenters. The van der Waals surface area contributed by atoms with Crippen molar-refractivity contribution in [2.75, 3.05) is 0 Å². The van der Waals surface area contributed by atoms with Gasteiger partial charge in [-0.1, -0.05) is 32.9 Å². The Morgan fingerprint density at radius 3 is 2.36 bits per heavy atom. The van der Waals surface area contributed by atoms with Gasteiger partial charge in [0.1, 0.15) is 0 Å². The van der Waals surface area contributed by atoms with Gasteiger partial charge in [0.15, 0.2) is 0 Å². The summed E-state index contributed by atoms with van der Waals surface area (Å²) in [5, 5.41) is 0. The Balaban J connectivity index is 2.75. The number of hydrogen-bond donors (Lipinski definition) is 0. The maximum atomic E-state index is 2.41. The quantitative estimate of drug-likeness (QED) is 0.563. The third-order valence-electron chi connectivity index (χ3n) is 2.30. The van der Waals surface area contributed by atoms with Crippen LogP contribution in [0, 0.1) is 5.92 Å². The first kappa shape index (κ1) is 8.58. The molecule has 0 aromatic heterocycles. The first-order valence-electron chi connectivity index (χ1n) is 4.65. The molecular weight excluding hydrogens is 132 g/mol. The first-order chi connectivity index (χ1) is 5.25. The highest BCUT2D eigenvalue weighted by atomic mass is 14.1. The van der Waals surface area contributed by atoms with Crippen molar-refractivity contribution in [3.63, 3.8) is 0 Å². The largest absolute Gasteiger partial charge is 0.0807 e. The van der Waals surface area contributed by atoms with Gasteiger partial charge in [-0.15, -0.1) is 0 Å². The standard InChI is InChI=1S/C11H18/c1-4-10-7-5-6-8-11(10)9(2)3/h7-9H,4-6H2,1-3H3. The lowest BCUT2D eigenvalue weighted by Crippen LogP contribution is -2.01. The van der Waals surface area contributed by atoms with Gasteiger partial charge in [0.25, 0.3) is 0 Å². The van der Waals surface area contributed by atoms with E-state index < -0.39 is 0 Å². The van der Waals surface area contributed by atoms with Crippen LogP contribution in [0.3, 0.4) is 0 Å². The molecule has 0 saturated carbocycles. The molecule has 0 aromatic rings. The Morgan fingerprint density at radius 2 is 1.91 bits per heavy atom. The van der Waals surface area contributed by atoms with Gasteiger partial charge in [-0.2, -0.15) is 0 Å². The normalized spacial score (nSPS) is 18.2. The molecule has 0 aliphatic heterocycles. The monoisotopic (exact) mass is 150 g/mol. The van der Waals surface area contributed by atoms with Crippen molar-refractivity contribution in [1.82, 2.24) is 0 Å². The molecule has 0 fully saturated rings. The van der Waals surface area contributed by atoms with Gasteiger partial charge in [-0.3, -0.25) is 0 Å². The average molecular weight is 150 g/mol. The van der Waals surface area contributed by atoms with E-state index in [1.807, 2.05) is 0 Å². The van der Waals surface area contributed by atoms with Crippen LogP contribution in [0.4, 0.5) is 0 Å². The van der Waals surface area contributed by atoms with Crippen molar-refractivity contribution in [3.05, 3.63) is 23.3 Å². The van der Waals surface area contributed by atoms with Crippen LogP contribution >= 0.6 is 0 Å². The van der Waals surface area contributed by atoms with E-state index in [4.69, 9.17) is 0 Å². The highest BCUT2D eigenvalue weighted by molar-refractivity contribution is 5.34. The molecule has 0 N–H and O–H groups in total. The Kier molecular flexibility index (Phi) is 2.92. The number of allylic oxidation sites excluding steroid dienone is 4. The van der Waals surface area contributed by atoms with Gasteiger partial charge < -0.3 is 0 Å². The molecule has 0 bridgehead atoms. The minimum Gasteiger partial charge on any atom is -0.0807 e. The highest BCUT2D eigenvalue weighted by Crippen LogP contribution is 2.26. The van der Waals surface area contributed by atoms with Crippen LogP contribution in [-0.2, 0) is 0 Å². The summed E-state index contributed by atoms with van der Waals surface area (Å²) in [6, 6.07) is 0. The average Bonchev–Trinajstić information content (AvgIpc) is 2.04. The minimum atomic E-state index is 0.710. The van der Waals surface area contributed by atoms with Crippen molar-refractivity contribution >= 4 is 0 Å². The lowest BCUT2D eigenvalue weighted by molar-refractivity contribution is 0.744. The van der Waals surface area contributed by atoms with Crippen LogP contribution in [0.15, 0.2) is 23.3 Å². The molecule has 0 heterocycles. The van der Waals surface area contributed by atoms with E-state index in [1.165, 1.54) is 19.3 Å². The maximum absolute atomic E-state index is 2.41. The maximum Gasteiger partial charge on any atom is -0.0219 e. The van der Waals surface area contributed by atoms with E-state index in [9.17, 15) is 0 Å². The molecule has 11 heavy (non-hydrogen) atoms.